The highest BCUT2D eigenvalue weighted by Crippen LogP contribution is 2.30. The first kappa shape index (κ1) is 13.7. The number of aliphatic hydroxyl groups is 1. The largest absolute Gasteiger partial charge is 0.396 e. The minimum Gasteiger partial charge on any atom is -0.396 e. The number of halogens is 2. The fraction of sp³-hybridized carbons (Fsp3) is 0.462. The second-order valence-corrected chi connectivity index (χ2v) is 5.42. The van der Waals surface area contributed by atoms with Gasteiger partial charge in [-0.3, -0.25) is 0 Å². The molecule has 98 valence electrons. The van der Waals surface area contributed by atoms with Gasteiger partial charge in [0.15, 0.2) is 0 Å². The predicted molar refractivity (Wildman–Crippen MR) is 75.5 cm³/mol. The van der Waals surface area contributed by atoms with Crippen LogP contribution in [0.1, 0.15) is 32.0 Å². The molecule has 18 heavy (non-hydrogen) atoms. The highest BCUT2D eigenvalue weighted by atomic mass is 35.5. The van der Waals surface area contributed by atoms with Gasteiger partial charge in [-0.2, -0.15) is 0 Å². The van der Waals surface area contributed by atoms with Gasteiger partial charge in [-0.25, -0.2) is 4.98 Å². The molecule has 2 rings (SSSR count). The SMILES string of the molecule is CC(C)c1nc2cc(Cl)c(Cl)cc2n1CCCO. The van der Waals surface area contributed by atoms with Crippen LogP contribution >= 0.6 is 23.2 Å². The fourth-order valence-corrected chi connectivity index (χ4v) is 2.36. The maximum atomic E-state index is 8.98. The Labute approximate surface area is 116 Å². The number of hydrogen-bond acceptors (Lipinski definition) is 2. The van der Waals surface area contributed by atoms with Crippen LogP contribution in [0.25, 0.3) is 11.0 Å². The minimum atomic E-state index is 0.165. The van der Waals surface area contributed by atoms with E-state index in [1.54, 1.807) is 6.07 Å². The van der Waals surface area contributed by atoms with E-state index < -0.39 is 0 Å². The molecule has 0 amide bonds. The zero-order chi connectivity index (χ0) is 13.3. The molecule has 1 N–H and O–H groups in total. The maximum absolute atomic E-state index is 8.98. The van der Waals surface area contributed by atoms with Crippen LogP contribution in [0.4, 0.5) is 0 Å². The van der Waals surface area contributed by atoms with E-state index in [2.05, 4.69) is 23.4 Å². The number of imidazole rings is 1. The van der Waals surface area contributed by atoms with Crippen LogP contribution in [0.3, 0.4) is 0 Å². The molecule has 2 aromatic rings. The summed E-state index contributed by atoms with van der Waals surface area (Å²) in [7, 11) is 0. The van der Waals surface area contributed by atoms with Crippen LogP contribution in [0, 0.1) is 0 Å². The van der Waals surface area contributed by atoms with Crippen LogP contribution in [0.2, 0.25) is 10.0 Å². The number of rotatable bonds is 4. The fourth-order valence-electron chi connectivity index (χ4n) is 2.04. The Morgan fingerprint density at radius 2 is 1.94 bits per heavy atom. The number of nitrogens with zero attached hydrogens (tertiary/aromatic N) is 2. The van der Waals surface area contributed by atoms with Crippen LogP contribution in [-0.4, -0.2) is 21.3 Å². The molecule has 0 atom stereocenters. The second kappa shape index (κ2) is 5.47. The summed E-state index contributed by atoms with van der Waals surface area (Å²) in [6, 6.07) is 3.63. The van der Waals surface area contributed by atoms with E-state index in [9.17, 15) is 0 Å². The van der Waals surface area contributed by atoms with Gasteiger partial charge in [0.1, 0.15) is 5.82 Å². The molecule has 0 bridgehead atoms. The Kier molecular flexibility index (Phi) is 4.15. The molecule has 5 heteroatoms. The molecule has 0 aliphatic heterocycles. The van der Waals surface area contributed by atoms with E-state index in [4.69, 9.17) is 28.3 Å². The topological polar surface area (TPSA) is 38.0 Å². The summed E-state index contributed by atoms with van der Waals surface area (Å²) in [6.45, 7) is 5.09. The number of aryl methyl sites for hydroxylation is 1. The quantitative estimate of drug-likeness (QED) is 0.927. The van der Waals surface area contributed by atoms with Crippen LogP contribution < -0.4 is 0 Å². The molecule has 3 nitrogen and oxygen atoms in total. The third-order valence-corrected chi connectivity index (χ3v) is 3.60. The first-order chi connectivity index (χ1) is 8.54. The number of hydrogen-bond donors (Lipinski definition) is 1. The van der Waals surface area contributed by atoms with Gasteiger partial charge in [-0.15, -0.1) is 0 Å². The molecule has 0 aliphatic rings. The lowest BCUT2D eigenvalue weighted by Crippen LogP contribution is -2.06. The Hall–Kier alpha value is -0.770. The maximum Gasteiger partial charge on any atom is 0.112 e. The molecule has 0 radical (unpaired) electrons. The van der Waals surface area contributed by atoms with Crippen molar-refractivity contribution in [2.24, 2.45) is 0 Å². The lowest BCUT2D eigenvalue weighted by molar-refractivity contribution is 0.279. The average molecular weight is 287 g/mol. The molecule has 0 spiro atoms. The molecule has 0 fully saturated rings. The van der Waals surface area contributed by atoms with Crippen LogP contribution in [0.15, 0.2) is 12.1 Å². The van der Waals surface area contributed by atoms with Crippen molar-refractivity contribution in [2.45, 2.75) is 32.7 Å². The Morgan fingerprint density at radius 1 is 1.28 bits per heavy atom. The summed E-state index contributed by atoms with van der Waals surface area (Å²) in [5, 5.41) is 10.0. The highest BCUT2D eigenvalue weighted by Gasteiger charge is 2.15. The van der Waals surface area contributed by atoms with Gasteiger partial charge in [0.2, 0.25) is 0 Å². The van der Waals surface area contributed by atoms with Crippen LogP contribution in [-0.2, 0) is 6.54 Å². The Morgan fingerprint density at radius 3 is 2.56 bits per heavy atom. The Bertz CT molecular complexity index is 564. The molecular weight excluding hydrogens is 271 g/mol. The van der Waals surface area contributed by atoms with Gasteiger partial charge in [-0.05, 0) is 18.6 Å². The molecule has 0 saturated carbocycles. The van der Waals surface area contributed by atoms with E-state index >= 15 is 0 Å². The third-order valence-electron chi connectivity index (χ3n) is 2.88. The smallest absolute Gasteiger partial charge is 0.112 e. The molecular formula is C13H16Cl2N2O. The summed E-state index contributed by atoms with van der Waals surface area (Å²) < 4.78 is 2.11. The average Bonchev–Trinajstić information content (AvgIpc) is 2.65. The van der Waals surface area contributed by atoms with Crippen LogP contribution in [0.5, 0.6) is 0 Å². The zero-order valence-electron chi connectivity index (χ0n) is 10.5. The summed E-state index contributed by atoms with van der Waals surface area (Å²) in [5.41, 5.74) is 1.83. The van der Waals surface area contributed by atoms with Crippen molar-refractivity contribution in [2.75, 3.05) is 6.61 Å². The normalized spacial score (nSPS) is 11.7. The monoisotopic (exact) mass is 286 g/mol. The van der Waals surface area contributed by atoms with Gasteiger partial charge in [0.05, 0.1) is 21.1 Å². The molecule has 0 saturated heterocycles. The van der Waals surface area contributed by atoms with Gasteiger partial charge in [0.25, 0.3) is 0 Å². The van der Waals surface area contributed by atoms with Crippen molar-refractivity contribution < 1.29 is 5.11 Å². The van der Waals surface area contributed by atoms with Gasteiger partial charge in [-0.1, -0.05) is 37.0 Å². The van der Waals surface area contributed by atoms with Crippen molar-refractivity contribution in [3.63, 3.8) is 0 Å². The predicted octanol–water partition coefficient (Wildman–Crippen LogP) is 3.85. The van der Waals surface area contributed by atoms with Crippen molar-refractivity contribution >= 4 is 34.2 Å². The number of aromatic nitrogens is 2. The second-order valence-electron chi connectivity index (χ2n) is 4.61. The number of benzene rings is 1. The zero-order valence-corrected chi connectivity index (χ0v) is 12.0. The summed E-state index contributed by atoms with van der Waals surface area (Å²) >= 11 is 12.1. The van der Waals surface area contributed by atoms with Crippen molar-refractivity contribution in [1.29, 1.82) is 0 Å². The lowest BCUT2D eigenvalue weighted by atomic mass is 10.2. The summed E-state index contributed by atoms with van der Waals surface area (Å²) in [5.74, 6) is 1.31. The van der Waals surface area contributed by atoms with E-state index in [0.717, 1.165) is 23.4 Å². The van der Waals surface area contributed by atoms with Gasteiger partial charge >= 0.3 is 0 Å². The van der Waals surface area contributed by atoms with E-state index in [-0.39, 0.29) is 6.61 Å². The van der Waals surface area contributed by atoms with Gasteiger partial charge < -0.3 is 9.67 Å². The standard InChI is InChI=1S/C13H16Cl2N2O/c1-8(2)13-16-11-6-9(14)10(15)7-12(11)17(13)4-3-5-18/h6-8,18H,3-5H2,1-2H3. The number of aliphatic hydroxyl groups excluding tert-OH is 1. The van der Waals surface area contributed by atoms with E-state index in [0.29, 0.717) is 22.4 Å². The minimum absolute atomic E-state index is 0.165. The highest BCUT2D eigenvalue weighted by molar-refractivity contribution is 6.42. The van der Waals surface area contributed by atoms with Crippen molar-refractivity contribution in [1.82, 2.24) is 9.55 Å². The third kappa shape index (κ3) is 2.48. The molecule has 0 aliphatic carbocycles. The first-order valence-electron chi connectivity index (χ1n) is 6.00. The number of fused-ring (bicyclic) bond motifs is 1. The summed E-state index contributed by atoms with van der Waals surface area (Å²) in [6.07, 6.45) is 0.700. The molecule has 0 unspecified atom stereocenters. The van der Waals surface area contributed by atoms with Gasteiger partial charge in [0, 0.05) is 19.1 Å². The van der Waals surface area contributed by atoms with E-state index in [1.807, 2.05) is 6.07 Å². The molecule has 1 aromatic carbocycles. The van der Waals surface area contributed by atoms with E-state index in [1.165, 1.54) is 0 Å². The van der Waals surface area contributed by atoms with Crippen molar-refractivity contribution in [3.8, 4) is 0 Å². The summed E-state index contributed by atoms with van der Waals surface area (Å²) in [4.78, 5) is 4.61. The lowest BCUT2D eigenvalue weighted by Gasteiger charge is -2.10. The Balaban J connectivity index is 2.61. The molecule has 1 heterocycles. The van der Waals surface area contributed by atoms with Crippen molar-refractivity contribution in [3.05, 3.63) is 28.0 Å². The first-order valence-corrected chi connectivity index (χ1v) is 6.76. The molecule has 1 aromatic heterocycles.